The van der Waals surface area contributed by atoms with E-state index >= 15 is 0 Å². The first-order chi connectivity index (χ1) is 10.6. The van der Waals surface area contributed by atoms with Crippen molar-refractivity contribution in [2.24, 2.45) is 11.8 Å². The lowest BCUT2D eigenvalue weighted by Crippen LogP contribution is -2.42. The van der Waals surface area contributed by atoms with Gasteiger partial charge in [-0.15, -0.1) is 0 Å². The van der Waals surface area contributed by atoms with Crippen LogP contribution in [-0.2, 0) is 0 Å². The Labute approximate surface area is 128 Å². The summed E-state index contributed by atoms with van der Waals surface area (Å²) in [5.41, 5.74) is 0.250. The molecule has 0 aliphatic heterocycles. The van der Waals surface area contributed by atoms with Crippen LogP contribution in [0.3, 0.4) is 0 Å². The van der Waals surface area contributed by atoms with Crippen molar-refractivity contribution in [3.63, 3.8) is 0 Å². The van der Waals surface area contributed by atoms with Crippen molar-refractivity contribution in [3.8, 4) is 6.07 Å². The first-order valence-corrected chi connectivity index (χ1v) is 6.85. The number of hydrogen-bond acceptors (Lipinski definition) is 3. The third kappa shape index (κ3) is 4.50. The zero-order valence-electron chi connectivity index (χ0n) is 11.7. The van der Waals surface area contributed by atoms with Crippen LogP contribution in [0.4, 0.5) is 32.2 Å². The van der Waals surface area contributed by atoms with Crippen molar-refractivity contribution in [2.75, 3.05) is 5.32 Å². The van der Waals surface area contributed by atoms with Crippen LogP contribution < -0.4 is 5.32 Å². The molecule has 3 nitrogen and oxygen atoms in total. The van der Waals surface area contributed by atoms with E-state index in [1.165, 1.54) is 18.3 Å². The van der Waals surface area contributed by atoms with Crippen LogP contribution in [0, 0.1) is 23.2 Å². The molecule has 0 spiro atoms. The highest BCUT2D eigenvalue weighted by atomic mass is 19.4. The van der Waals surface area contributed by atoms with Crippen molar-refractivity contribution < 1.29 is 26.3 Å². The standard InChI is InChI=1S/C14H13F6N3/c15-13(16,17)9-3-10(14(18,19)20)5-11(4-9)23-12-2-1-8(6-21)7-22-12/h1-2,7,9-11H,3-5H2,(H,22,23). The smallest absolute Gasteiger partial charge is 0.367 e. The van der Waals surface area contributed by atoms with Gasteiger partial charge in [0.1, 0.15) is 11.9 Å². The maximum Gasteiger partial charge on any atom is 0.391 e. The lowest BCUT2D eigenvalue weighted by molar-refractivity contribution is -0.223. The molecule has 2 rings (SSSR count). The predicted molar refractivity (Wildman–Crippen MR) is 69.3 cm³/mol. The monoisotopic (exact) mass is 337 g/mol. The van der Waals surface area contributed by atoms with Gasteiger partial charge in [-0.1, -0.05) is 0 Å². The number of nitriles is 1. The summed E-state index contributed by atoms with van der Waals surface area (Å²) in [6.07, 6.45) is -9.93. The number of nitrogens with one attached hydrogen (secondary N) is 1. The van der Waals surface area contributed by atoms with E-state index in [4.69, 9.17) is 5.26 Å². The number of halogens is 6. The lowest BCUT2D eigenvalue weighted by Gasteiger charge is -2.37. The van der Waals surface area contributed by atoms with Gasteiger partial charge in [0.2, 0.25) is 0 Å². The minimum absolute atomic E-state index is 0.151. The molecule has 1 heterocycles. The highest BCUT2D eigenvalue weighted by Crippen LogP contribution is 2.46. The average molecular weight is 337 g/mol. The molecule has 2 unspecified atom stereocenters. The van der Waals surface area contributed by atoms with Gasteiger partial charge in [-0.25, -0.2) is 4.98 Å². The maximum atomic E-state index is 12.9. The second-order valence-corrected chi connectivity index (χ2v) is 5.57. The summed E-state index contributed by atoms with van der Waals surface area (Å²) in [5, 5.41) is 11.3. The third-order valence-electron chi connectivity index (χ3n) is 3.88. The maximum absolute atomic E-state index is 12.9. The van der Waals surface area contributed by atoms with E-state index in [1.54, 1.807) is 0 Å². The van der Waals surface area contributed by atoms with E-state index < -0.39 is 49.5 Å². The molecule has 0 saturated heterocycles. The number of rotatable bonds is 2. The predicted octanol–water partition coefficient (Wildman–Crippen LogP) is 4.27. The van der Waals surface area contributed by atoms with Crippen LogP contribution in [0.2, 0.25) is 0 Å². The second-order valence-electron chi connectivity index (χ2n) is 5.57. The molecule has 126 valence electrons. The quantitative estimate of drug-likeness (QED) is 0.820. The van der Waals surface area contributed by atoms with Gasteiger partial charge in [0.15, 0.2) is 0 Å². The molecule has 1 saturated carbocycles. The molecular formula is C14H13F6N3. The van der Waals surface area contributed by atoms with Gasteiger partial charge in [-0.3, -0.25) is 0 Å². The molecule has 9 heteroatoms. The Balaban J connectivity index is 2.14. The fourth-order valence-electron chi connectivity index (χ4n) is 2.73. The number of aromatic nitrogens is 1. The molecule has 1 aromatic heterocycles. The highest BCUT2D eigenvalue weighted by Gasteiger charge is 2.51. The van der Waals surface area contributed by atoms with Gasteiger partial charge in [-0.05, 0) is 31.4 Å². The van der Waals surface area contributed by atoms with Crippen molar-refractivity contribution in [3.05, 3.63) is 23.9 Å². The summed E-state index contributed by atoms with van der Waals surface area (Å²) < 4.78 is 77.2. The molecule has 23 heavy (non-hydrogen) atoms. The minimum atomic E-state index is -4.66. The van der Waals surface area contributed by atoms with Crippen molar-refractivity contribution >= 4 is 5.82 Å². The second kappa shape index (κ2) is 6.26. The zero-order valence-corrected chi connectivity index (χ0v) is 11.7. The summed E-state index contributed by atoms with van der Waals surface area (Å²) in [7, 11) is 0. The number of pyridine rings is 1. The van der Waals surface area contributed by atoms with E-state index in [9.17, 15) is 26.3 Å². The Morgan fingerprint density at radius 2 is 1.57 bits per heavy atom. The van der Waals surface area contributed by atoms with E-state index in [2.05, 4.69) is 10.3 Å². The zero-order chi connectivity index (χ0) is 17.3. The van der Waals surface area contributed by atoms with Gasteiger partial charge in [0, 0.05) is 12.2 Å². The van der Waals surface area contributed by atoms with Gasteiger partial charge in [0.05, 0.1) is 17.4 Å². The number of alkyl halides is 6. The summed E-state index contributed by atoms with van der Waals surface area (Å²) >= 11 is 0. The first kappa shape index (κ1) is 17.4. The van der Waals surface area contributed by atoms with Gasteiger partial charge in [0.25, 0.3) is 0 Å². The van der Waals surface area contributed by atoms with Crippen LogP contribution in [-0.4, -0.2) is 23.4 Å². The average Bonchev–Trinajstić information content (AvgIpc) is 2.46. The Hall–Kier alpha value is -1.98. The molecule has 0 amide bonds. The van der Waals surface area contributed by atoms with Crippen LogP contribution in [0.5, 0.6) is 0 Å². The SMILES string of the molecule is N#Cc1ccc(NC2CC(C(F)(F)F)CC(C(F)(F)F)C2)nc1. The largest absolute Gasteiger partial charge is 0.391 e. The Kier molecular flexibility index (Phi) is 4.73. The normalized spacial score (nSPS) is 25.7. The van der Waals surface area contributed by atoms with Crippen LogP contribution in [0.15, 0.2) is 18.3 Å². The van der Waals surface area contributed by atoms with Crippen molar-refractivity contribution in [1.82, 2.24) is 4.98 Å². The van der Waals surface area contributed by atoms with Crippen molar-refractivity contribution in [1.29, 1.82) is 5.26 Å². The molecule has 1 N–H and O–H groups in total. The highest BCUT2D eigenvalue weighted by molar-refractivity contribution is 5.39. The molecule has 1 aliphatic carbocycles. The van der Waals surface area contributed by atoms with Gasteiger partial charge >= 0.3 is 12.4 Å². The van der Waals surface area contributed by atoms with Gasteiger partial charge < -0.3 is 5.32 Å². The lowest BCUT2D eigenvalue weighted by atomic mass is 9.77. The van der Waals surface area contributed by atoms with Crippen molar-refractivity contribution in [2.45, 2.75) is 37.7 Å². The number of hydrogen-bond donors (Lipinski definition) is 1. The van der Waals surface area contributed by atoms with E-state index in [-0.39, 0.29) is 11.4 Å². The summed E-state index contributed by atoms with van der Waals surface area (Å²) in [6, 6.07) is 3.59. The molecule has 1 aliphatic rings. The summed E-state index contributed by atoms with van der Waals surface area (Å²) in [5.74, 6) is -3.85. The minimum Gasteiger partial charge on any atom is -0.367 e. The molecule has 1 fully saturated rings. The Morgan fingerprint density at radius 1 is 1.00 bits per heavy atom. The summed E-state index contributed by atoms with van der Waals surface area (Å²) in [4.78, 5) is 3.82. The Morgan fingerprint density at radius 3 is 1.96 bits per heavy atom. The summed E-state index contributed by atoms with van der Waals surface area (Å²) in [6.45, 7) is 0. The Bertz CT molecular complexity index is 550. The van der Waals surface area contributed by atoms with Crippen LogP contribution >= 0.6 is 0 Å². The molecule has 0 aromatic carbocycles. The third-order valence-corrected chi connectivity index (χ3v) is 3.88. The fourth-order valence-corrected chi connectivity index (χ4v) is 2.73. The molecule has 1 aromatic rings. The molecule has 0 radical (unpaired) electrons. The van der Waals surface area contributed by atoms with Crippen LogP contribution in [0.1, 0.15) is 24.8 Å². The number of anilines is 1. The fraction of sp³-hybridized carbons (Fsp3) is 0.571. The first-order valence-electron chi connectivity index (χ1n) is 6.85. The molecule has 2 atom stereocenters. The molecule has 0 bridgehead atoms. The van der Waals surface area contributed by atoms with E-state index in [1.807, 2.05) is 6.07 Å². The topological polar surface area (TPSA) is 48.7 Å². The van der Waals surface area contributed by atoms with E-state index in [0.29, 0.717) is 0 Å². The van der Waals surface area contributed by atoms with Crippen LogP contribution in [0.25, 0.3) is 0 Å². The molecular weight excluding hydrogens is 324 g/mol. The van der Waals surface area contributed by atoms with Gasteiger partial charge in [-0.2, -0.15) is 31.6 Å². The van der Waals surface area contributed by atoms with E-state index in [0.717, 1.165) is 0 Å². The number of nitrogens with zero attached hydrogens (tertiary/aromatic N) is 2.